The maximum Gasteiger partial charge on any atom is 0.259 e. The summed E-state index contributed by atoms with van der Waals surface area (Å²) in [6.07, 6.45) is 5.32. The highest BCUT2D eigenvalue weighted by Crippen LogP contribution is 2.29. The SMILES string of the molecule is C[C@@H]1CN([C@H](C)CO)C(=O)c2cc(C#CC3CC3)cnc2O[C@@H]1CN(C)C(=O)Cc1ccccn1. The predicted molar refractivity (Wildman–Crippen MR) is 131 cm³/mol. The highest BCUT2D eigenvalue weighted by atomic mass is 16.5. The Labute approximate surface area is 206 Å². The van der Waals surface area contributed by atoms with Crippen LogP contribution in [-0.2, 0) is 11.2 Å². The van der Waals surface area contributed by atoms with Gasteiger partial charge in [-0.05, 0) is 38.0 Å². The summed E-state index contributed by atoms with van der Waals surface area (Å²) in [4.78, 5) is 38.3. The van der Waals surface area contributed by atoms with E-state index in [2.05, 4.69) is 21.8 Å². The van der Waals surface area contributed by atoms with E-state index in [1.807, 2.05) is 32.0 Å². The number of rotatable bonds is 6. The summed E-state index contributed by atoms with van der Waals surface area (Å²) in [6.45, 7) is 4.34. The largest absolute Gasteiger partial charge is 0.472 e. The van der Waals surface area contributed by atoms with E-state index in [1.165, 1.54) is 0 Å². The third kappa shape index (κ3) is 6.17. The van der Waals surface area contributed by atoms with Crippen molar-refractivity contribution >= 4 is 11.8 Å². The number of amides is 2. The smallest absolute Gasteiger partial charge is 0.259 e. The number of carbonyl (C=O) groups excluding carboxylic acids is 2. The van der Waals surface area contributed by atoms with E-state index in [0.29, 0.717) is 35.8 Å². The predicted octanol–water partition coefficient (Wildman–Crippen LogP) is 2.16. The zero-order valence-corrected chi connectivity index (χ0v) is 20.5. The van der Waals surface area contributed by atoms with Crippen LogP contribution in [0.3, 0.4) is 0 Å². The van der Waals surface area contributed by atoms with Gasteiger partial charge in [0.15, 0.2) is 0 Å². The Balaban J connectivity index is 1.58. The molecule has 3 heterocycles. The minimum absolute atomic E-state index is 0.0721. The van der Waals surface area contributed by atoms with Gasteiger partial charge in [0, 0.05) is 49.1 Å². The molecule has 184 valence electrons. The van der Waals surface area contributed by atoms with Crippen molar-refractivity contribution in [2.75, 3.05) is 26.7 Å². The Morgan fingerprint density at radius 1 is 1.34 bits per heavy atom. The van der Waals surface area contributed by atoms with Gasteiger partial charge in [0.1, 0.15) is 11.7 Å². The number of fused-ring (bicyclic) bond motifs is 1. The highest BCUT2D eigenvalue weighted by Gasteiger charge is 2.34. The van der Waals surface area contributed by atoms with Crippen molar-refractivity contribution in [1.82, 2.24) is 19.8 Å². The number of hydrogen-bond acceptors (Lipinski definition) is 6. The van der Waals surface area contributed by atoms with Crippen LogP contribution < -0.4 is 4.74 Å². The van der Waals surface area contributed by atoms with Crippen LogP contribution in [-0.4, -0.2) is 75.6 Å². The first-order valence-electron chi connectivity index (χ1n) is 12.1. The Bertz CT molecular complexity index is 1120. The fourth-order valence-corrected chi connectivity index (χ4v) is 3.97. The third-order valence-corrected chi connectivity index (χ3v) is 6.46. The summed E-state index contributed by atoms with van der Waals surface area (Å²) >= 11 is 0. The summed E-state index contributed by atoms with van der Waals surface area (Å²) < 4.78 is 6.27. The molecule has 1 aliphatic carbocycles. The lowest BCUT2D eigenvalue weighted by atomic mass is 9.99. The number of aromatic nitrogens is 2. The van der Waals surface area contributed by atoms with E-state index in [9.17, 15) is 14.7 Å². The number of ether oxygens (including phenoxy) is 1. The van der Waals surface area contributed by atoms with Crippen LogP contribution in [0.2, 0.25) is 0 Å². The summed E-state index contributed by atoms with van der Waals surface area (Å²) in [5.74, 6) is 6.54. The van der Waals surface area contributed by atoms with Crippen molar-refractivity contribution in [1.29, 1.82) is 0 Å². The van der Waals surface area contributed by atoms with E-state index in [-0.39, 0.29) is 42.7 Å². The normalized spacial score (nSPS) is 20.5. The van der Waals surface area contributed by atoms with Gasteiger partial charge in [-0.1, -0.05) is 24.8 Å². The van der Waals surface area contributed by atoms with Gasteiger partial charge in [-0.3, -0.25) is 14.6 Å². The Hall–Kier alpha value is -3.44. The molecule has 1 fully saturated rings. The molecule has 1 N–H and O–H groups in total. The van der Waals surface area contributed by atoms with Crippen LogP contribution in [0.5, 0.6) is 5.88 Å². The molecule has 2 aliphatic rings. The molecule has 8 nitrogen and oxygen atoms in total. The molecular weight excluding hydrogens is 444 g/mol. The average molecular weight is 477 g/mol. The lowest BCUT2D eigenvalue weighted by Crippen LogP contribution is -2.50. The second-order valence-electron chi connectivity index (χ2n) is 9.52. The van der Waals surface area contributed by atoms with Gasteiger partial charge in [0.25, 0.3) is 5.91 Å². The Morgan fingerprint density at radius 2 is 2.14 bits per heavy atom. The van der Waals surface area contributed by atoms with Crippen LogP contribution in [0.25, 0.3) is 0 Å². The molecule has 35 heavy (non-hydrogen) atoms. The minimum Gasteiger partial charge on any atom is -0.472 e. The first-order chi connectivity index (χ1) is 16.9. The van der Waals surface area contributed by atoms with Crippen LogP contribution in [0.15, 0.2) is 36.7 Å². The molecule has 0 radical (unpaired) electrons. The summed E-state index contributed by atoms with van der Waals surface area (Å²) in [6, 6.07) is 6.84. The molecule has 2 aromatic heterocycles. The van der Waals surface area contributed by atoms with E-state index < -0.39 is 6.10 Å². The number of likely N-dealkylation sites (N-methyl/N-ethyl adjacent to an activating group) is 1. The van der Waals surface area contributed by atoms with Gasteiger partial charge in [-0.15, -0.1) is 0 Å². The molecule has 2 aromatic rings. The van der Waals surface area contributed by atoms with E-state index in [0.717, 1.165) is 12.8 Å². The third-order valence-electron chi connectivity index (χ3n) is 6.46. The van der Waals surface area contributed by atoms with Crippen LogP contribution in [0.4, 0.5) is 0 Å². The second-order valence-corrected chi connectivity index (χ2v) is 9.52. The molecule has 1 aliphatic heterocycles. The lowest BCUT2D eigenvalue weighted by Gasteiger charge is -2.37. The molecule has 0 saturated heterocycles. The fraction of sp³-hybridized carbons (Fsp3) is 0.481. The number of hydrogen-bond donors (Lipinski definition) is 1. The van der Waals surface area contributed by atoms with Crippen molar-refractivity contribution in [3.63, 3.8) is 0 Å². The molecular formula is C27H32N4O4. The highest BCUT2D eigenvalue weighted by molar-refractivity contribution is 5.97. The Kier molecular flexibility index (Phi) is 7.67. The van der Waals surface area contributed by atoms with Crippen LogP contribution in [0.1, 0.15) is 48.3 Å². The number of aliphatic hydroxyl groups excluding tert-OH is 1. The maximum absolute atomic E-state index is 13.5. The van der Waals surface area contributed by atoms with Gasteiger partial charge in [-0.25, -0.2) is 4.98 Å². The van der Waals surface area contributed by atoms with Crippen molar-refractivity contribution in [3.05, 3.63) is 53.5 Å². The molecule has 0 spiro atoms. The van der Waals surface area contributed by atoms with E-state index >= 15 is 0 Å². The summed E-state index contributed by atoms with van der Waals surface area (Å²) in [5, 5.41) is 9.81. The van der Waals surface area contributed by atoms with Gasteiger partial charge < -0.3 is 19.6 Å². The minimum atomic E-state index is -0.399. The second kappa shape index (κ2) is 10.9. The quantitative estimate of drug-likeness (QED) is 0.642. The van der Waals surface area contributed by atoms with Crippen LogP contribution in [0, 0.1) is 23.7 Å². The molecule has 8 heteroatoms. The average Bonchev–Trinajstić information content (AvgIpc) is 3.69. The first-order valence-corrected chi connectivity index (χ1v) is 12.1. The zero-order valence-electron chi connectivity index (χ0n) is 20.5. The van der Waals surface area contributed by atoms with Gasteiger partial charge in [0.2, 0.25) is 11.8 Å². The monoisotopic (exact) mass is 476 g/mol. The van der Waals surface area contributed by atoms with Crippen molar-refractivity contribution in [3.8, 4) is 17.7 Å². The summed E-state index contributed by atoms with van der Waals surface area (Å²) in [5.41, 5.74) is 1.70. The van der Waals surface area contributed by atoms with Crippen molar-refractivity contribution in [2.45, 2.75) is 45.3 Å². The van der Waals surface area contributed by atoms with Gasteiger partial charge in [0.05, 0.1) is 25.6 Å². The van der Waals surface area contributed by atoms with E-state index in [1.54, 1.807) is 35.3 Å². The fourth-order valence-electron chi connectivity index (χ4n) is 3.97. The zero-order chi connectivity index (χ0) is 24.9. The van der Waals surface area contributed by atoms with Crippen molar-refractivity contribution < 1.29 is 19.4 Å². The first kappa shape index (κ1) is 24.7. The topological polar surface area (TPSA) is 95.9 Å². The van der Waals surface area contributed by atoms with Gasteiger partial charge >= 0.3 is 0 Å². The molecule has 3 atom stereocenters. The molecule has 0 bridgehead atoms. The molecule has 1 saturated carbocycles. The number of pyridine rings is 2. The molecule has 0 aromatic carbocycles. The molecule has 2 amide bonds. The number of carbonyl (C=O) groups is 2. The summed E-state index contributed by atoms with van der Waals surface area (Å²) in [7, 11) is 1.74. The number of nitrogens with zero attached hydrogens (tertiary/aromatic N) is 4. The number of aliphatic hydroxyl groups is 1. The molecule has 0 unspecified atom stereocenters. The van der Waals surface area contributed by atoms with Crippen molar-refractivity contribution in [2.24, 2.45) is 11.8 Å². The van der Waals surface area contributed by atoms with Gasteiger partial charge in [-0.2, -0.15) is 0 Å². The van der Waals surface area contributed by atoms with E-state index in [4.69, 9.17) is 4.74 Å². The Morgan fingerprint density at radius 3 is 2.83 bits per heavy atom. The molecule has 4 rings (SSSR count). The standard InChI is InChI=1S/C27H32N4O4/c1-18-15-31(19(2)17-32)27(34)23-12-21(10-9-20-7-8-20)14-29-26(23)35-24(18)16-30(3)25(33)13-22-6-4-5-11-28-22/h4-6,11-12,14,18-20,24,32H,7-8,13,15-17H2,1-3H3/t18-,19-,24-/m1/s1. The van der Waals surface area contributed by atoms with Crippen LogP contribution >= 0.6 is 0 Å². The maximum atomic E-state index is 13.5. The lowest BCUT2D eigenvalue weighted by molar-refractivity contribution is -0.130.